The molecular weight excluding hydrogens is 376 g/mol. The third-order valence-electron chi connectivity index (χ3n) is 4.85. The number of rotatable bonds is 5. The molecule has 3 rings (SSSR count). The van der Waals surface area contributed by atoms with Crippen LogP contribution < -0.4 is 10.2 Å². The van der Waals surface area contributed by atoms with Crippen molar-refractivity contribution in [2.45, 2.75) is 0 Å². The summed E-state index contributed by atoms with van der Waals surface area (Å²) in [5.41, 5.74) is 1.81. The third-order valence-corrected chi connectivity index (χ3v) is 4.85. The molecule has 1 aliphatic heterocycles. The molecule has 152 valence electrons. The maximum absolute atomic E-state index is 12.7. The van der Waals surface area contributed by atoms with Crippen LogP contribution in [-0.2, 0) is 4.74 Å². The Morgan fingerprint density at radius 1 is 1.03 bits per heavy atom. The van der Waals surface area contributed by atoms with Crippen LogP contribution in [0.4, 0.5) is 17.1 Å². The van der Waals surface area contributed by atoms with Gasteiger partial charge in [0.25, 0.3) is 11.6 Å². The summed E-state index contributed by atoms with van der Waals surface area (Å²) >= 11 is 0. The average Bonchev–Trinajstić information content (AvgIpc) is 2.74. The molecule has 0 radical (unpaired) electrons. The number of carbonyl (C=O) groups is 2. The van der Waals surface area contributed by atoms with Gasteiger partial charge in [-0.15, -0.1) is 0 Å². The van der Waals surface area contributed by atoms with E-state index in [0.29, 0.717) is 11.3 Å². The van der Waals surface area contributed by atoms with Crippen LogP contribution in [0.25, 0.3) is 0 Å². The molecule has 1 heterocycles. The molecule has 29 heavy (non-hydrogen) atoms. The zero-order valence-electron chi connectivity index (χ0n) is 16.3. The first-order valence-corrected chi connectivity index (χ1v) is 9.10. The van der Waals surface area contributed by atoms with Gasteiger partial charge in [-0.1, -0.05) is 0 Å². The van der Waals surface area contributed by atoms with Gasteiger partial charge in [0.2, 0.25) is 0 Å². The zero-order chi connectivity index (χ0) is 21.0. The molecule has 1 aliphatic rings. The van der Waals surface area contributed by atoms with E-state index in [2.05, 4.69) is 22.2 Å². The maximum Gasteiger partial charge on any atom is 0.337 e. The van der Waals surface area contributed by atoms with Gasteiger partial charge in [-0.05, 0) is 37.4 Å². The lowest BCUT2D eigenvalue weighted by molar-refractivity contribution is -0.384. The fourth-order valence-corrected chi connectivity index (χ4v) is 3.13. The number of hydrogen-bond acceptors (Lipinski definition) is 7. The van der Waals surface area contributed by atoms with E-state index in [1.54, 1.807) is 18.2 Å². The molecule has 0 saturated carbocycles. The van der Waals surface area contributed by atoms with Crippen molar-refractivity contribution in [3.05, 3.63) is 63.7 Å². The number of methoxy groups -OCH3 is 1. The lowest BCUT2D eigenvalue weighted by Crippen LogP contribution is -2.44. The summed E-state index contributed by atoms with van der Waals surface area (Å²) in [4.78, 5) is 39.3. The highest BCUT2D eigenvalue weighted by molar-refractivity contribution is 6.07. The van der Waals surface area contributed by atoms with E-state index in [1.165, 1.54) is 31.4 Å². The number of anilines is 2. The van der Waals surface area contributed by atoms with E-state index in [1.807, 2.05) is 0 Å². The largest absolute Gasteiger partial charge is 0.465 e. The first kappa shape index (κ1) is 20.3. The molecule has 9 nitrogen and oxygen atoms in total. The highest BCUT2D eigenvalue weighted by atomic mass is 16.6. The number of ether oxygens (including phenoxy) is 1. The molecule has 0 spiro atoms. The van der Waals surface area contributed by atoms with Crippen molar-refractivity contribution in [2.75, 3.05) is 50.6 Å². The first-order chi connectivity index (χ1) is 13.9. The Hall–Kier alpha value is -3.46. The highest BCUT2D eigenvalue weighted by Crippen LogP contribution is 2.29. The van der Waals surface area contributed by atoms with Gasteiger partial charge in [-0.2, -0.15) is 0 Å². The van der Waals surface area contributed by atoms with Crippen LogP contribution in [0.5, 0.6) is 0 Å². The van der Waals surface area contributed by atoms with Crippen molar-refractivity contribution in [1.29, 1.82) is 0 Å². The van der Waals surface area contributed by atoms with Crippen molar-refractivity contribution < 1.29 is 19.2 Å². The standard InChI is InChI=1S/C20H22N4O5/c1-22-9-11-23(12-10-22)18-8-5-15(20(26)29-2)13-17(18)21-19(25)14-3-6-16(7-4-14)24(27)28/h3-8,13H,9-12H2,1-2H3,(H,21,25). The zero-order valence-corrected chi connectivity index (χ0v) is 16.3. The number of nitro benzene ring substituents is 1. The van der Waals surface area contributed by atoms with E-state index in [9.17, 15) is 19.7 Å². The number of likely N-dealkylation sites (N-methyl/N-ethyl adjacent to an activating group) is 1. The first-order valence-electron chi connectivity index (χ1n) is 9.10. The van der Waals surface area contributed by atoms with Crippen LogP contribution in [0, 0.1) is 10.1 Å². The maximum atomic E-state index is 12.7. The number of benzene rings is 2. The quantitative estimate of drug-likeness (QED) is 0.468. The number of esters is 1. The summed E-state index contributed by atoms with van der Waals surface area (Å²) in [7, 11) is 3.35. The molecule has 0 unspecified atom stereocenters. The van der Waals surface area contributed by atoms with Gasteiger partial charge < -0.3 is 19.9 Å². The normalized spacial score (nSPS) is 14.3. The lowest BCUT2D eigenvalue weighted by atomic mass is 10.1. The fraction of sp³-hybridized carbons (Fsp3) is 0.300. The average molecular weight is 398 g/mol. The number of carbonyl (C=O) groups excluding carboxylic acids is 2. The summed E-state index contributed by atoms with van der Waals surface area (Å²) in [5.74, 6) is -0.918. The van der Waals surface area contributed by atoms with E-state index in [-0.39, 0.29) is 11.3 Å². The SMILES string of the molecule is COC(=O)c1ccc(N2CCN(C)CC2)c(NC(=O)c2ccc([N+](=O)[O-])cc2)c1. The molecular formula is C20H22N4O5. The number of nitrogens with one attached hydrogen (secondary N) is 1. The minimum absolute atomic E-state index is 0.0904. The van der Waals surface area contributed by atoms with Gasteiger partial charge in [-0.25, -0.2) is 4.79 Å². The number of non-ortho nitro benzene ring substituents is 1. The Kier molecular flexibility index (Phi) is 6.08. The highest BCUT2D eigenvalue weighted by Gasteiger charge is 2.20. The van der Waals surface area contributed by atoms with Crippen LogP contribution in [0.2, 0.25) is 0 Å². The Balaban J connectivity index is 1.89. The molecule has 1 N–H and O–H groups in total. The van der Waals surface area contributed by atoms with Gasteiger partial charge in [0.1, 0.15) is 0 Å². The number of amides is 1. The minimum atomic E-state index is -0.521. The van der Waals surface area contributed by atoms with Crippen molar-refractivity contribution in [1.82, 2.24) is 4.90 Å². The molecule has 1 saturated heterocycles. The van der Waals surface area contributed by atoms with Crippen LogP contribution in [-0.4, -0.2) is 62.0 Å². The molecule has 2 aromatic rings. The summed E-state index contributed by atoms with van der Waals surface area (Å²) in [6, 6.07) is 10.4. The van der Waals surface area contributed by atoms with Crippen molar-refractivity contribution >= 4 is 28.9 Å². The molecule has 0 aliphatic carbocycles. The van der Waals surface area contributed by atoms with Crippen LogP contribution in [0.1, 0.15) is 20.7 Å². The van der Waals surface area contributed by atoms with Crippen molar-refractivity contribution in [3.8, 4) is 0 Å². The minimum Gasteiger partial charge on any atom is -0.465 e. The summed E-state index contributed by atoms with van der Waals surface area (Å²) in [6.45, 7) is 3.34. The van der Waals surface area contributed by atoms with Gasteiger partial charge in [-0.3, -0.25) is 14.9 Å². The van der Waals surface area contributed by atoms with Crippen molar-refractivity contribution in [2.24, 2.45) is 0 Å². The Bertz CT molecular complexity index is 921. The summed E-state index contributed by atoms with van der Waals surface area (Å²) in [6.07, 6.45) is 0. The van der Waals surface area contributed by atoms with Crippen molar-refractivity contribution in [3.63, 3.8) is 0 Å². The Morgan fingerprint density at radius 2 is 1.66 bits per heavy atom. The number of nitro groups is 1. The number of nitrogens with zero attached hydrogens (tertiary/aromatic N) is 3. The second-order valence-electron chi connectivity index (χ2n) is 6.77. The predicted octanol–water partition coefficient (Wildman–Crippen LogP) is 2.39. The molecule has 1 amide bonds. The second kappa shape index (κ2) is 8.70. The Labute approximate surface area is 168 Å². The van der Waals surface area contributed by atoms with Gasteiger partial charge in [0.05, 0.1) is 29.0 Å². The molecule has 9 heteroatoms. The van der Waals surface area contributed by atoms with Gasteiger partial charge in [0, 0.05) is 43.9 Å². The number of piperazine rings is 1. The topological polar surface area (TPSA) is 105 Å². The second-order valence-corrected chi connectivity index (χ2v) is 6.77. The van der Waals surface area contributed by atoms with Gasteiger partial charge >= 0.3 is 5.97 Å². The lowest BCUT2D eigenvalue weighted by Gasteiger charge is -2.35. The van der Waals surface area contributed by atoms with E-state index < -0.39 is 16.8 Å². The van der Waals surface area contributed by atoms with E-state index in [4.69, 9.17) is 4.74 Å². The molecule has 0 bridgehead atoms. The smallest absolute Gasteiger partial charge is 0.337 e. The summed E-state index contributed by atoms with van der Waals surface area (Å²) < 4.78 is 4.78. The van der Waals surface area contributed by atoms with E-state index in [0.717, 1.165) is 31.9 Å². The van der Waals surface area contributed by atoms with Crippen LogP contribution in [0.3, 0.4) is 0 Å². The van der Waals surface area contributed by atoms with E-state index >= 15 is 0 Å². The molecule has 0 aromatic heterocycles. The van der Waals surface area contributed by atoms with Crippen LogP contribution >= 0.6 is 0 Å². The molecule has 0 atom stereocenters. The Morgan fingerprint density at radius 3 is 2.24 bits per heavy atom. The monoisotopic (exact) mass is 398 g/mol. The summed E-state index contributed by atoms with van der Waals surface area (Å²) in [5, 5.41) is 13.6. The number of hydrogen-bond donors (Lipinski definition) is 1. The fourth-order valence-electron chi connectivity index (χ4n) is 3.13. The van der Waals surface area contributed by atoms with Crippen LogP contribution in [0.15, 0.2) is 42.5 Å². The third kappa shape index (κ3) is 4.69. The van der Waals surface area contributed by atoms with Gasteiger partial charge in [0.15, 0.2) is 0 Å². The molecule has 1 fully saturated rings. The molecule has 2 aromatic carbocycles. The predicted molar refractivity (Wildman–Crippen MR) is 109 cm³/mol.